The lowest BCUT2D eigenvalue weighted by Gasteiger charge is -2.10. The lowest BCUT2D eigenvalue weighted by atomic mass is 10.2. The fourth-order valence-electron chi connectivity index (χ4n) is 2.07. The smallest absolute Gasteiger partial charge is 0.344 e. The van der Waals surface area contributed by atoms with Gasteiger partial charge < -0.3 is 24.3 Å². The molecule has 2 aromatic carbocycles. The Morgan fingerprint density at radius 1 is 0.889 bits per heavy atom. The standard InChI is InChI=1S/C19H19NO7/c1-24-15-5-3-4-6-16(15)26-12-18(22)27-11-17(21)20-14-9-7-13(8-10-14)19(23)25-2/h3-10H,11-12H2,1-2H3,(H,20,21). The first-order chi connectivity index (χ1) is 13.0. The summed E-state index contributed by atoms with van der Waals surface area (Å²) in [6, 6.07) is 12.9. The van der Waals surface area contributed by atoms with E-state index in [2.05, 4.69) is 10.1 Å². The van der Waals surface area contributed by atoms with E-state index in [1.54, 1.807) is 24.3 Å². The Hall–Kier alpha value is -3.55. The van der Waals surface area contributed by atoms with Gasteiger partial charge in [-0.05, 0) is 36.4 Å². The maximum Gasteiger partial charge on any atom is 0.344 e. The van der Waals surface area contributed by atoms with Crippen molar-refractivity contribution >= 4 is 23.5 Å². The topological polar surface area (TPSA) is 100 Å². The van der Waals surface area contributed by atoms with Crippen molar-refractivity contribution in [3.05, 3.63) is 54.1 Å². The van der Waals surface area contributed by atoms with Crippen LogP contribution in [0.1, 0.15) is 10.4 Å². The van der Waals surface area contributed by atoms with Gasteiger partial charge in [-0.2, -0.15) is 0 Å². The lowest BCUT2D eigenvalue weighted by Crippen LogP contribution is -2.23. The van der Waals surface area contributed by atoms with Gasteiger partial charge in [-0.1, -0.05) is 12.1 Å². The van der Waals surface area contributed by atoms with Crippen molar-refractivity contribution in [3.63, 3.8) is 0 Å². The van der Waals surface area contributed by atoms with Crippen LogP contribution in [0, 0.1) is 0 Å². The third-order valence-electron chi connectivity index (χ3n) is 3.37. The van der Waals surface area contributed by atoms with Gasteiger partial charge >= 0.3 is 11.9 Å². The minimum absolute atomic E-state index is 0.357. The summed E-state index contributed by atoms with van der Waals surface area (Å²) in [5.41, 5.74) is 0.810. The molecule has 0 spiro atoms. The van der Waals surface area contributed by atoms with E-state index >= 15 is 0 Å². The van der Waals surface area contributed by atoms with Crippen LogP contribution in [0.25, 0.3) is 0 Å². The van der Waals surface area contributed by atoms with Crippen molar-refractivity contribution in [2.24, 2.45) is 0 Å². The Morgan fingerprint density at radius 2 is 1.56 bits per heavy atom. The van der Waals surface area contributed by atoms with Crippen LogP contribution in [0.4, 0.5) is 5.69 Å². The van der Waals surface area contributed by atoms with Gasteiger partial charge in [-0.15, -0.1) is 0 Å². The van der Waals surface area contributed by atoms with E-state index in [0.29, 0.717) is 22.7 Å². The van der Waals surface area contributed by atoms with E-state index < -0.39 is 24.5 Å². The molecular weight excluding hydrogens is 354 g/mol. The number of amides is 1. The normalized spacial score (nSPS) is 9.85. The molecule has 2 aromatic rings. The highest BCUT2D eigenvalue weighted by molar-refractivity contribution is 5.94. The van der Waals surface area contributed by atoms with Crippen molar-refractivity contribution in [2.45, 2.75) is 0 Å². The summed E-state index contributed by atoms with van der Waals surface area (Å²) in [7, 11) is 2.77. The van der Waals surface area contributed by atoms with Crippen molar-refractivity contribution in [2.75, 3.05) is 32.8 Å². The summed E-state index contributed by atoms with van der Waals surface area (Å²) in [6.45, 7) is -0.825. The number of benzene rings is 2. The summed E-state index contributed by atoms with van der Waals surface area (Å²) >= 11 is 0. The number of anilines is 1. The highest BCUT2D eigenvalue weighted by Gasteiger charge is 2.11. The number of hydrogen-bond acceptors (Lipinski definition) is 7. The van der Waals surface area contributed by atoms with Gasteiger partial charge in [0.1, 0.15) is 0 Å². The molecule has 27 heavy (non-hydrogen) atoms. The molecule has 0 bridgehead atoms. The molecule has 1 N–H and O–H groups in total. The van der Waals surface area contributed by atoms with Crippen LogP contribution in [0.5, 0.6) is 11.5 Å². The van der Waals surface area contributed by atoms with E-state index in [4.69, 9.17) is 14.2 Å². The van der Waals surface area contributed by atoms with Gasteiger partial charge in [0.15, 0.2) is 24.7 Å². The predicted octanol–water partition coefficient (Wildman–Crippen LogP) is 2.04. The van der Waals surface area contributed by atoms with Crippen LogP contribution in [0.15, 0.2) is 48.5 Å². The molecule has 0 aliphatic carbocycles. The number of para-hydroxylation sites is 2. The van der Waals surface area contributed by atoms with Crippen LogP contribution in [0.2, 0.25) is 0 Å². The minimum Gasteiger partial charge on any atom is -0.493 e. The number of ether oxygens (including phenoxy) is 4. The molecular formula is C19H19NO7. The molecule has 0 atom stereocenters. The summed E-state index contributed by atoms with van der Waals surface area (Å²) < 4.78 is 19.9. The Kier molecular flexibility index (Phi) is 7.18. The highest BCUT2D eigenvalue weighted by atomic mass is 16.6. The van der Waals surface area contributed by atoms with E-state index in [9.17, 15) is 14.4 Å². The molecule has 0 saturated carbocycles. The Morgan fingerprint density at radius 3 is 2.19 bits per heavy atom. The molecule has 142 valence electrons. The fraction of sp³-hybridized carbons (Fsp3) is 0.211. The molecule has 1 amide bonds. The molecule has 0 radical (unpaired) electrons. The van der Waals surface area contributed by atoms with Gasteiger partial charge in [0.05, 0.1) is 19.8 Å². The molecule has 0 saturated heterocycles. The van der Waals surface area contributed by atoms with Gasteiger partial charge in [0.25, 0.3) is 5.91 Å². The second kappa shape index (κ2) is 9.81. The highest BCUT2D eigenvalue weighted by Crippen LogP contribution is 2.25. The van der Waals surface area contributed by atoms with E-state index in [-0.39, 0.29) is 6.61 Å². The first kappa shape index (κ1) is 19.8. The summed E-state index contributed by atoms with van der Waals surface area (Å²) in [6.07, 6.45) is 0. The number of methoxy groups -OCH3 is 2. The van der Waals surface area contributed by atoms with Crippen LogP contribution < -0.4 is 14.8 Å². The predicted molar refractivity (Wildman–Crippen MR) is 95.9 cm³/mol. The monoisotopic (exact) mass is 373 g/mol. The molecule has 0 aromatic heterocycles. The van der Waals surface area contributed by atoms with Crippen molar-refractivity contribution in [1.29, 1.82) is 0 Å². The summed E-state index contributed by atoms with van der Waals surface area (Å²) in [4.78, 5) is 34.9. The molecule has 0 unspecified atom stereocenters. The van der Waals surface area contributed by atoms with Crippen LogP contribution in [-0.2, 0) is 19.1 Å². The zero-order chi connectivity index (χ0) is 19.6. The molecule has 2 rings (SSSR count). The number of rotatable bonds is 8. The molecule has 8 heteroatoms. The molecule has 0 fully saturated rings. The third kappa shape index (κ3) is 6.03. The largest absolute Gasteiger partial charge is 0.493 e. The van der Waals surface area contributed by atoms with Crippen molar-refractivity contribution < 1.29 is 33.3 Å². The average Bonchev–Trinajstić information content (AvgIpc) is 2.70. The third-order valence-corrected chi connectivity index (χ3v) is 3.37. The zero-order valence-electron chi connectivity index (χ0n) is 14.9. The average molecular weight is 373 g/mol. The van der Waals surface area contributed by atoms with Crippen molar-refractivity contribution in [1.82, 2.24) is 0 Å². The number of carbonyl (C=O) groups is 3. The maximum absolute atomic E-state index is 11.8. The summed E-state index contributed by atoms with van der Waals surface area (Å²) in [5, 5.41) is 2.54. The Balaban J connectivity index is 1.76. The van der Waals surface area contributed by atoms with Crippen LogP contribution in [0.3, 0.4) is 0 Å². The second-order valence-electron chi connectivity index (χ2n) is 5.22. The van der Waals surface area contributed by atoms with Gasteiger partial charge in [0, 0.05) is 5.69 Å². The number of nitrogens with one attached hydrogen (secondary N) is 1. The first-order valence-electron chi connectivity index (χ1n) is 7.93. The SMILES string of the molecule is COC(=O)c1ccc(NC(=O)COC(=O)COc2ccccc2OC)cc1. The van der Waals surface area contributed by atoms with Gasteiger partial charge in [-0.3, -0.25) is 4.79 Å². The minimum atomic E-state index is -0.697. The maximum atomic E-state index is 11.8. The Bertz CT molecular complexity index is 802. The molecule has 0 heterocycles. The summed E-state index contributed by atoms with van der Waals surface area (Å²) in [5.74, 6) is -0.814. The lowest BCUT2D eigenvalue weighted by molar-refractivity contribution is -0.149. The van der Waals surface area contributed by atoms with E-state index in [1.807, 2.05) is 0 Å². The first-order valence-corrected chi connectivity index (χ1v) is 7.93. The van der Waals surface area contributed by atoms with Crippen LogP contribution >= 0.6 is 0 Å². The second-order valence-corrected chi connectivity index (χ2v) is 5.22. The number of carbonyl (C=O) groups excluding carboxylic acids is 3. The van der Waals surface area contributed by atoms with Crippen LogP contribution in [-0.4, -0.2) is 45.3 Å². The van der Waals surface area contributed by atoms with E-state index in [1.165, 1.54) is 38.5 Å². The van der Waals surface area contributed by atoms with Gasteiger partial charge in [-0.25, -0.2) is 9.59 Å². The van der Waals surface area contributed by atoms with E-state index in [0.717, 1.165) is 0 Å². The zero-order valence-corrected chi connectivity index (χ0v) is 14.9. The molecule has 8 nitrogen and oxygen atoms in total. The number of esters is 2. The fourth-order valence-corrected chi connectivity index (χ4v) is 2.07. The van der Waals surface area contributed by atoms with Gasteiger partial charge in [0.2, 0.25) is 0 Å². The van der Waals surface area contributed by atoms with Crippen molar-refractivity contribution in [3.8, 4) is 11.5 Å². The molecule has 0 aliphatic rings. The number of hydrogen-bond donors (Lipinski definition) is 1. The Labute approximate surface area is 156 Å². The quantitative estimate of drug-likeness (QED) is 0.707. The molecule has 0 aliphatic heterocycles.